The summed E-state index contributed by atoms with van der Waals surface area (Å²) in [5, 5.41) is 8.03. The Morgan fingerprint density at radius 3 is 2.89 bits per heavy atom. The van der Waals surface area contributed by atoms with Crippen molar-refractivity contribution in [3.8, 4) is 6.07 Å². The van der Waals surface area contributed by atoms with Crippen LogP contribution in [0.3, 0.4) is 0 Å². The van der Waals surface area contributed by atoms with Gasteiger partial charge < -0.3 is 0 Å². The number of allylic oxidation sites excluding steroid dienone is 1. The predicted octanol–water partition coefficient (Wildman–Crippen LogP) is 2.41. The largest absolute Gasteiger partial charge is 0.192 e. The zero-order valence-electron chi connectivity index (χ0n) is 5.72. The molecule has 0 aromatic heterocycles. The summed E-state index contributed by atoms with van der Waals surface area (Å²) in [6, 6.07) is 1.88. The molecule has 0 rings (SSSR count). The van der Waals surface area contributed by atoms with Gasteiger partial charge in [-0.15, -0.1) is 5.73 Å². The Bertz CT molecular complexity index is 144. The Kier molecular flexibility index (Phi) is 6.24. The van der Waals surface area contributed by atoms with E-state index in [1.54, 1.807) is 0 Å². The molecule has 0 saturated carbocycles. The van der Waals surface area contributed by atoms with Crippen molar-refractivity contribution in [1.82, 2.24) is 0 Å². The van der Waals surface area contributed by atoms with Gasteiger partial charge in [-0.3, -0.25) is 0 Å². The van der Waals surface area contributed by atoms with E-state index in [9.17, 15) is 0 Å². The second kappa shape index (κ2) is 7.01. The van der Waals surface area contributed by atoms with Crippen molar-refractivity contribution < 1.29 is 0 Å². The SMILES string of the molecule is CCCCC=C=CC#N. The number of hydrogen-bond donors (Lipinski definition) is 0. The summed E-state index contributed by atoms with van der Waals surface area (Å²) in [7, 11) is 0. The van der Waals surface area contributed by atoms with Gasteiger partial charge in [-0.1, -0.05) is 13.3 Å². The van der Waals surface area contributed by atoms with Gasteiger partial charge in [-0.2, -0.15) is 5.26 Å². The molecule has 9 heavy (non-hydrogen) atoms. The Morgan fingerprint density at radius 2 is 2.33 bits per heavy atom. The third-order valence-electron chi connectivity index (χ3n) is 0.968. The van der Waals surface area contributed by atoms with E-state index in [0.29, 0.717) is 0 Å². The zero-order valence-corrected chi connectivity index (χ0v) is 5.72. The van der Waals surface area contributed by atoms with E-state index in [1.165, 1.54) is 18.9 Å². The fraction of sp³-hybridized carbons (Fsp3) is 0.500. The van der Waals surface area contributed by atoms with Crippen molar-refractivity contribution in [2.45, 2.75) is 26.2 Å². The Labute approximate surface area is 56.3 Å². The molecular formula is C8H11N. The lowest BCUT2D eigenvalue weighted by atomic mass is 10.2. The van der Waals surface area contributed by atoms with Crippen LogP contribution >= 0.6 is 0 Å². The van der Waals surface area contributed by atoms with Crippen molar-refractivity contribution in [1.29, 1.82) is 5.26 Å². The van der Waals surface area contributed by atoms with Gasteiger partial charge in [0, 0.05) is 0 Å². The molecule has 1 nitrogen and oxygen atoms in total. The molecule has 0 aromatic rings. The lowest BCUT2D eigenvalue weighted by Crippen LogP contribution is -1.63. The summed E-state index contributed by atoms with van der Waals surface area (Å²) in [6.45, 7) is 2.14. The standard InChI is InChI=1S/C8H11N/c1-2-3-4-5-6-7-8-9/h5,7H,2-4H2,1H3. The highest BCUT2D eigenvalue weighted by molar-refractivity contribution is 5.01. The number of hydrogen-bond acceptors (Lipinski definition) is 1. The molecule has 1 heteroatoms. The summed E-state index contributed by atoms with van der Waals surface area (Å²) in [4.78, 5) is 0. The number of nitrogens with zero attached hydrogens (tertiary/aromatic N) is 1. The monoisotopic (exact) mass is 121 g/mol. The molecule has 0 N–H and O–H groups in total. The zero-order chi connectivity index (χ0) is 6.95. The third kappa shape index (κ3) is 7.01. The maximum atomic E-state index is 8.03. The van der Waals surface area contributed by atoms with Crippen LogP contribution in [-0.2, 0) is 0 Å². The molecule has 0 aliphatic rings. The van der Waals surface area contributed by atoms with Crippen LogP contribution in [0.5, 0.6) is 0 Å². The van der Waals surface area contributed by atoms with Crippen LogP contribution in [0, 0.1) is 11.3 Å². The van der Waals surface area contributed by atoms with Gasteiger partial charge in [0.25, 0.3) is 0 Å². The molecule has 0 spiro atoms. The van der Waals surface area contributed by atoms with Gasteiger partial charge in [0.15, 0.2) is 0 Å². The van der Waals surface area contributed by atoms with E-state index in [2.05, 4.69) is 12.7 Å². The molecule has 0 heterocycles. The predicted molar refractivity (Wildman–Crippen MR) is 37.8 cm³/mol. The van der Waals surface area contributed by atoms with Crippen LogP contribution in [0.2, 0.25) is 0 Å². The number of rotatable bonds is 3. The highest BCUT2D eigenvalue weighted by Gasteiger charge is 1.73. The summed E-state index contributed by atoms with van der Waals surface area (Å²) < 4.78 is 0. The van der Waals surface area contributed by atoms with E-state index >= 15 is 0 Å². The molecule has 0 aliphatic carbocycles. The average Bonchev–Trinajstić information content (AvgIpc) is 1.89. The van der Waals surface area contributed by atoms with E-state index in [0.717, 1.165) is 6.42 Å². The Morgan fingerprint density at radius 1 is 1.56 bits per heavy atom. The van der Waals surface area contributed by atoms with Gasteiger partial charge in [0.1, 0.15) is 0 Å². The smallest absolute Gasteiger partial charge is 0.0996 e. The maximum Gasteiger partial charge on any atom is 0.0996 e. The van der Waals surface area contributed by atoms with Gasteiger partial charge in [-0.05, 0) is 18.9 Å². The molecule has 0 atom stereocenters. The molecule has 0 bridgehead atoms. The molecule has 0 radical (unpaired) electrons. The molecular weight excluding hydrogens is 110 g/mol. The first-order chi connectivity index (χ1) is 4.41. The second-order valence-corrected chi connectivity index (χ2v) is 1.79. The van der Waals surface area contributed by atoms with E-state index in [1.807, 2.05) is 12.1 Å². The highest BCUT2D eigenvalue weighted by Crippen LogP contribution is 1.92. The summed E-state index contributed by atoms with van der Waals surface area (Å²) in [5.74, 6) is 0. The van der Waals surface area contributed by atoms with Gasteiger partial charge >= 0.3 is 0 Å². The van der Waals surface area contributed by atoms with Crippen LogP contribution in [0.4, 0.5) is 0 Å². The first-order valence-corrected chi connectivity index (χ1v) is 3.20. The van der Waals surface area contributed by atoms with Crippen molar-refractivity contribution in [3.05, 3.63) is 17.9 Å². The van der Waals surface area contributed by atoms with E-state index in [-0.39, 0.29) is 0 Å². The van der Waals surface area contributed by atoms with Gasteiger partial charge in [-0.25, -0.2) is 0 Å². The summed E-state index contributed by atoms with van der Waals surface area (Å²) in [6.07, 6.45) is 6.69. The minimum atomic E-state index is 1.04. The van der Waals surface area contributed by atoms with Crippen LogP contribution in [-0.4, -0.2) is 0 Å². The fourth-order valence-electron chi connectivity index (χ4n) is 0.486. The maximum absolute atomic E-state index is 8.03. The molecule has 0 amide bonds. The minimum Gasteiger partial charge on any atom is -0.192 e. The van der Waals surface area contributed by atoms with Crippen LogP contribution in [0.1, 0.15) is 26.2 Å². The van der Waals surface area contributed by atoms with Crippen LogP contribution < -0.4 is 0 Å². The van der Waals surface area contributed by atoms with Crippen molar-refractivity contribution >= 4 is 0 Å². The summed E-state index contributed by atoms with van der Waals surface area (Å²) in [5.41, 5.74) is 2.76. The second-order valence-electron chi connectivity index (χ2n) is 1.79. The number of nitriles is 1. The van der Waals surface area contributed by atoms with Crippen LogP contribution in [0.25, 0.3) is 0 Å². The van der Waals surface area contributed by atoms with Crippen molar-refractivity contribution in [2.75, 3.05) is 0 Å². The normalized spacial score (nSPS) is 7.11. The lowest BCUT2D eigenvalue weighted by molar-refractivity contribution is 0.815. The molecule has 0 unspecified atom stereocenters. The highest BCUT2D eigenvalue weighted by atomic mass is 14.2. The Hall–Kier alpha value is -0.990. The first-order valence-electron chi connectivity index (χ1n) is 3.20. The van der Waals surface area contributed by atoms with Crippen LogP contribution in [0.15, 0.2) is 17.9 Å². The molecule has 0 fully saturated rings. The molecule has 48 valence electrons. The van der Waals surface area contributed by atoms with E-state index in [4.69, 9.17) is 5.26 Å². The number of unbranched alkanes of at least 4 members (excludes halogenated alkanes) is 2. The van der Waals surface area contributed by atoms with Gasteiger partial charge in [0.2, 0.25) is 0 Å². The van der Waals surface area contributed by atoms with Crippen molar-refractivity contribution in [3.63, 3.8) is 0 Å². The Balaban J connectivity index is 3.27. The topological polar surface area (TPSA) is 23.8 Å². The van der Waals surface area contributed by atoms with Gasteiger partial charge in [0.05, 0.1) is 12.1 Å². The molecule has 0 aliphatic heterocycles. The fourth-order valence-corrected chi connectivity index (χ4v) is 0.486. The quantitative estimate of drug-likeness (QED) is 0.319. The van der Waals surface area contributed by atoms with E-state index < -0.39 is 0 Å². The lowest BCUT2D eigenvalue weighted by Gasteiger charge is -1.82. The molecule has 0 saturated heterocycles. The summed E-state index contributed by atoms with van der Waals surface area (Å²) >= 11 is 0. The third-order valence-corrected chi connectivity index (χ3v) is 0.968. The molecule has 0 aromatic carbocycles. The first kappa shape index (κ1) is 8.01. The average molecular weight is 121 g/mol. The van der Waals surface area contributed by atoms with Crippen molar-refractivity contribution in [2.24, 2.45) is 0 Å². The minimum absolute atomic E-state index is 1.04.